The molecule has 1 aliphatic heterocycles. The second-order valence-electron chi connectivity index (χ2n) is 6.79. The summed E-state index contributed by atoms with van der Waals surface area (Å²) in [6.07, 6.45) is 0.163. The van der Waals surface area contributed by atoms with Gasteiger partial charge in [0, 0.05) is 24.4 Å². The zero-order valence-corrected chi connectivity index (χ0v) is 20.4. The Balaban J connectivity index is 1.73. The van der Waals surface area contributed by atoms with Gasteiger partial charge < -0.3 is 34.4 Å². The highest BCUT2D eigenvalue weighted by molar-refractivity contribution is 7.97. The molecule has 3 rings (SSSR count). The van der Waals surface area contributed by atoms with Gasteiger partial charge in [-0.25, -0.2) is 18.7 Å². The number of rotatable bonds is 9. The summed E-state index contributed by atoms with van der Waals surface area (Å²) in [5.41, 5.74) is 0.725. The third-order valence-corrected chi connectivity index (χ3v) is 8.83. The summed E-state index contributed by atoms with van der Waals surface area (Å²) in [5.74, 6) is 0.357. The normalized spacial score (nSPS) is 25.2. The average molecular weight is 551 g/mol. The van der Waals surface area contributed by atoms with Crippen LogP contribution in [0.3, 0.4) is 0 Å². The van der Waals surface area contributed by atoms with Crippen LogP contribution in [-0.2, 0) is 31.6 Å². The Labute approximate surface area is 189 Å². The van der Waals surface area contributed by atoms with Crippen LogP contribution < -0.4 is 5.56 Å². The van der Waals surface area contributed by atoms with E-state index in [1.165, 1.54) is 11.9 Å². The van der Waals surface area contributed by atoms with Gasteiger partial charge in [0.05, 0.1) is 18.8 Å². The minimum Gasteiger partial charge on any atom is -0.390 e. The summed E-state index contributed by atoms with van der Waals surface area (Å²) < 4.78 is 53.0. The molecule has 0 radical (unpaired) electrons. The molecule has 1 saturated heterocycles. The van der Waals surface area contributed by atoms with Crippen LogP contribution in [-0.4, -0.2) is 63.7 Å². The van der Waals surface area contributed by atoms with Gasteiger partial charge in [0.1, 0.15) is 23.0 Å². The van der Waals surface area contributed by atoms with Gasteiger partial charge in [0.2, 0.25) is 0 Å². The predicted molar refractivity (Wildman–Crippen MR) is 112 cm³/mol. The SMILES string of the molecule is CSn1cc([C@H]2CC(O)[C@@H](COP(=O)(O)OP(=O)(O)OP(=O)(O)O)O2)c2nc(C)[nH]c(=O)c21. The molecule has 20 heteroatoms. The molecule has 2 aromatic heterocycles. The van der Waals surface area contributed by atoms with Crippen molar-refractivity contribution in [2.45, 2.75) is 31.7 Å². The fraction of sp³-hybridized carbons (Fsp3) is 0.538. The number of aliphatic hydroxyl groups is 1. The molecule has 0 aliphatic carbocycles. The number of phosphoric acid groups is 3. The van der Waals surface area contributed by atoms with E-state index < -0.39 is 48.4 Å². The van der Waals surface area contributed by atoms with Crippen LogP contribution >= 0.6 is 35.4 Å². The fourth-order valence-electron chi connectivity index (χ4n) is 3.17. The summed E-state index contributed by atoms with van der Waals surface area (Å²) in [7, 11) is -16.5. The molecule has 0 aromatic carbocycles. The van der Waals surface area contributed by atoms with Gasteiger partial charge >= 0.3 is 23.5 Å². The summed E-state index contributed by atoms with van der Waals surface area (Å²) in [5, 5.41) is 10.3. The van der Waals surface area contributed by atoms with Gasteiger partial charge in [-0.3, -0.25) is 13.3 Å². The highest BCUT2D eigenvalue weighted by Crippen LogP contribution is 2.66. The van der Waals surface area contributed by atoms with Crippen molar-refractivity contribution in [3.63, 3.8) is 0 Å². The molecule has 0 bridgehead atoms. The summed E-state index contributed by atoms with van der Waals surface area (Å²) in [6.45, 7) is 0.798. The van der Waals surface area contributed by atoms with Gasteiger partial charge in [-0.15, -0.1) is 0 Å². The lowest BCUT2D eigenvalue weighted by Gasteiger charge is -2.19. The van der Waals surface area contributed by atoms with Gasteiger partial charge in [-0.2, -0.15) is 8.62 Å². The first-order valence-electron chi connectivity index (χ1n) is 8.89. The van der Waals surface area contributed by atoms with Crippen molar-refractivity contribution in [1.82, 2.24) is 13.9 Å². The highest BCUT2D eigenvalue weighted by atomic mass is 32.2. The molecule has 3 heterocycles. The monoisotopic (exact) mass is 551 g/mol. The number of hydrogen-bond donors (Lipinski definition) is 6. The Bertz CT molecular complexity index is 1240. The molecule has 0 amide bonds. The number of H-pyrrole nitrogens is 1. The molecule has 1 aliphatic rings. The lowest BCUT2D eigenvalue weighted by molar-refractivity contribution is -0.0217. The van der Waals surface area contributed by atoms with Gasteiger partial charge in [-0.05, 0) is 18.9 Å². The van der Waals surface area contributed by atoms with Crippen molar-refractivity contribution in [3.05, 3.63) is 27.9 Å². The number of aliphatic hydroxyl groups excluding tert-OH is 1. The van der Waals surface area contributed by atoms with Gasteiger partial charge in [0.25, 0.3) is 5.56 Å². The summed E-state index contributed by atoms with van der Waals surface area (Å²) in [4.78, 5) is 55.1. The standard InChI is InChI=1S/C13H20N3O13P3S/c1-6-14-11-7(4-16(33-2)12(11)13(18)15-6)9-3-8(17)10(27-9)5-26-31(22,23)29-32(24,25)28-30(19,20)21/h4,8-10,17H,3,5H2,1-2H3,(H,22,23)(H,24,25)(H,14,15,18)(H2,19,20,21)/t8?,9-,10-/m1/s1. The molecule has 5 atom stereocenters. The number of nitrogens with one attached hydrogen (secondary N) is 1. The molecule has 186 valence electrons. The van der Waals surface area contributed by atoms with Crippen molar-refractivity contribution in [2.24, 2.45) is 0 Å². The van der Waals surface area contributed by atoms with Crippen LogP contribution in [0.15, 0.2) is 11.0 Å². The molecule has 33 heavy (non-hydrogen) atoms. The number of aromatic amines is 1. The van der Waals surface area contributed by atoms with Crippen molar-refractivity contribution in [1.29, 1.82) is 0 Å². The van der Waals surface area contributed by atoms with E-state index in [1.54, 1.807) is 23.3 Å². The molecule has 1 fully saturated rings. The number of phosphoric ester groups is 1. The number of ether oxygens (including phenoxy) is 1. The molecule has 0 spiro atoms. The van der Waals surface area contributed by atoms with Crippen molar-refractivity contribution in [2.75, 3.05) is 12.9 Å². The van der Waals surface area contributed by atoms with E-state index >= 15 is 0 Å². The predicted octanol–water partition coefficient (Wildman–Crippen LogP) is 0.693. The molecule has 3 unspecified atom stereocenters. The van der Waals surface area contributed by atoms with Gasteiger partial charge in [-0.1, -0.05) is 0 Å². The molecule has 0 saturated carbocycles. The first kappa shape index (κ1) is 26.7. The molecular formula is C13H20N3O13P3S. The second kappa shape index (κ2) is 9.63. The second-order valence-corrected chi connectivity index (χ2v) is 12.0. The first-order chi connectivity index (χ1) is 15.1. The van der Waals surface area contributed by atoms with Crippen LogP contribution in [0.1, 0.15) is 23.9 Å². The van der Waals surface area contributed by atoms with Crippen molar-refractivity contribution < 1.29 is 56.3 Å². The molecule has 6 N–H and O–H groups in total. The fourth-order valence-corrected chi connectivity index (χ4v) is 6.77. The Morgan fingerprint density at radius 1 is 1.24 bits per heavy atom. The zero-order chi connectivity index (χ0) is 24.8. The third-order valence-electron chi connectivity index (χ3n) is 4.35. The number of nitrogens with zero attached hydrogens (tertiary/aromatic N) is 2. The number of fused-ring (bicyclic) bond motifs is 1. The Hall–Kier alpha value is -0.900. The van der Waals surface area contributed by atoms with E-state index in [0.29, 0.717) is 16.9 Å². The Morgan fingerprint density at radius 3 is 2.52 bits per heavy atom. The van der Waals surface area contributed by atoms with E-state index in [-0.39, 0.29) is 17.5 Å². The summed E-state index contributed by atoms with van der Waals surface area (Å²) >= 11 is 1.23. The van der Waals surface area contributed by atoms with Crippen LogP contribution in [0.25, 0.3) is 11.0 Å². The first-order valence-corrected chi connectivity index (χ1v) is 14.6. The third kappa shape index (κ3) is 6.61. The van der Waals surface area contributed by atoms with E-state index in [2.05, 4.69) is 23.1 Å². The maximum absolute atomic E-state index is 12.3. The Morgan fingerprint density at radius 2 is 1.91 bits per heavy atom. The average Bonchev–Trinajstić information content (AvgIpc) is 3.17. The summed E-state index contributed by atoms with van der Waals surface area (Å²) in [6, 6.07) is 0. The smallest absolute Gasteiger partial charge is 0.390 e. The van der Waals surface area contributed by atoms with Crippen molar-refractivity contribution in [3.8, 4) is 0 Å². The lowest BCUT2D eigenvalue weighted by Crippen LogP contribution is -2.26. The van der Waals surface area contributed by atoms with E-state index in [0.717, 1.165) is 0 Å². The molecule has 2 aromatic rings. The van der Waals surface area contributed by atoms with Crippen LogP contribution in [0.2, 0.25) is 0 Å². The lowest BCUT2D eigenvalue weighted by atomic mass is 10.1. The number of aromatic nitrogens is 3. The maximum atomic E-state index is 12.3. The molecular weight excluding hydrogens is 531 g/mol. The highest BCUT2D eigenvalue weighted by Gasteiger charge is 2.43. The molecule has 16 nitrogen and oxygen atoms in total. The Kier molecular flexibility index (Phi) is 7.79. The number of aryl methyl sites for hydroxylation is 1. The van der Waals surface area contributed by atoms with E-state index in [9.17, 15) is 33.4 Å². The van der Waals surface area contributed by atoms with Crippen LogP contribution in [0.4, 0.5) is 0 Å². The zero-order valence-electron chi connectivity index (χ0n) is 16.9. The van der Waals surface area contributed by atoms with Crippen LogP contribution in [0.5, 0.6) is 0 Å². The topological polar surface area (TPSA) is 240 Å². The number of hydrogen-bond acceptors (Lipinski definition) is 11. The van der Waals surface area contributed by atoms with Gasteiger partial charge in [0.15, 0.2) is 0 Å². The largest absolute Gasteiger partial charge is 0.490 e. The van der Waals surface area contributed by atoms with Crippen molar-refractivity contribution >= 4 is 46.4 Å². The maximum Gasteiger partial charge on any atom is 0.490 e. The minimum atomic E-state index is -5.66. The minimum absolute atomic E-state index is 0.00540. The van der Waals surface area contributed by atoms with Crippen LogP contribution in [0, 0.1) is 6.92 Å². The van der Waals surface area contributed by atoms with E-state index in [4.69, 9.17) is 14.5 Å². The van der Waals surface area contributed by atoms with E-state index in [1.807, 2.05) is 0 Å². The quantitative estimate of drug-likeness (QED) is 0.235.